The highest BCUT2D eigenvalue weighted by molar-refractivity contribution is 7.95. The van der Waals surface area contributed by atoms with Gasteiger partial charge in [0.25, 0.3) is 0 Å². The maximum atomic E-state index is 12.9. The number of carbonyl (C=O) groups is 1. The number of fused-ring (bicyclic) bond motifs is 1. The van der Waals surface area contributed by atoms with E-state index in [1.54, 1.807) is 30.3 Å². The lowest BCUT2D eigenvalue weighted by Crippen LogP contribution is -2.71. The van der Waals surface area contributed by atoms with Gasteiger partial charge in [-0.25, -0.2) is 0 Å². The molecule has 2 atom stereocenters. The number of para-hydroxylation sites is 1. The Morgan fingerprint density at radius 1 is 1.09 bits per heavy atom. The Kier molecular flexibility index (Phi) is 3.16. The van der Waals surface area contributed by atoms with Gasteiger partial charge >= 0.3 is 0 Å². The molecule has 0 aromatic heterocycles. The number of benzene rings is 2. The minimum atomic E-state index is -3.67. The molecule has 1 saturated heterocycles. The van der Waals surface area contributed by atoms with Crippen molar-refractivity contribution in [3.63, 3.8) is 0 Å². The maximum Gasteiger partial charge on any atom is 0.249 e. The highest BCUT2D eigenvalue weighted by Crippen LogP contribution is 2.44. The van der Waals surface area contributed by atoms with Gasteiger partial charge in [-0.05, 0) is 30.2 Å². The Morgan fingerprint density at radius 2 is 1.78 bits per heavy atom. The third-order valence-electron chi connectivity index (χ3n) is 4.71. The van der Waals surface area contributed by atoms with Crippen LogP contribution in [-0.4, -0.2) is 26.8 Å². The zero-order valence-electron chi connectivity index (χ0n) is 12.4. The average molecular weight is 328 g/mol. The van der Waals surface area contributed by atoms with E-state index < -0.39 is 15.9 Å². The zero-order valence-corrected chi connectivity index (χ0v) is 13.2. The zero-order chi connectivity index (χ0) is 16.1. The number of nitrogens with zero attached hydrogens (tertiary/aromatic N) is 1. The van der Waals surface area contributed by atoms with Crippen LogP contribution in [0.4, 0.5) is 5.69 Å². The molecule has 1 amide bonds. The van der Waals surface area contributed by atoms with Gasteiger partial charge < -0.3 is 9.87 Å². The van der Waals surface area contributed by atoms with Gasteiger partial charge in [0.2, 0.25) is 5.91 Å². The van der Waals surface area contributed by atoms with E-state index in [1.165, 1.54) is 4.31 Å². The standard InChI is InChI=1S/C17H16N2O3S/c20-16-17(12-13-6-4-5-9-15(13)18-16)10-11-19(17)23(21,22)14-7-2-1-3-8-14/h1-9H,10-12H2,(H-,18,20,21,22). The Bertz CT molecular complexity index is 824. The number of rotatable bonds is 2. The van der Waals surface area contributed by atoms with Gasteiger partial charge in [0, 0.05) is 18.7 Å². The molecule has 2 unspecified atom stereocenters. The van der Waals surface area contributed by atoms with Gasteiger partial charge in [-0.3, -0.25) is 4.79 Å². The first-order valence-electron chi connectivity index (χ1n) is 7.51. The molecule has 1 fully saturated rings. The minimum Gasteiger partial charge on any atom is -0.593 e. The molecule has 1 spiro atoms. The van der Waals surface area contributed by atoms with Gasteiger partial charge in [-0.2, -0.15) is 0 Å². The molecule has 0 radical (unpaired) electrons. The van der Waals surface area contributed by atoms with Gasteiger partial charge in [-0.1, -0.05) is 40.6 Å². The van der Waals surface area contributed by atoms with E-state index in [9.17, 15) is 13.6 Å². The minimum absolute atomic E-state index is 0.228. The van der Waals surface area contributed by atoms with Gasteiger partial charge in [0.15, 0.2) is 20.8 Å². The molecule has 4 rings (SSSR count). The summed E-state index contributed by atoms with van der Waals surface area (Å²) in [6, 6.07) is 15.8. The summed E-state index contributed by atoms with van der Waals surface area (Å²) in [5, 5.41) is 2.86. The van der Waals surface area contributed by atoms with E-state index >= 15 is 0 Å². The Labute approximate surface area is 135 Å². The van der Waals surface area contributed by atoms with Crippen molar-refractivity contribution in [2.24, 2.45) is 0 Å². The van der Waals surface area contributed by atoms with E-state index in [2.05, 4.69) is 5.32 Å². The summed E-state index contributed by atoms with van der Waals surface area (Å²) < 4.78 is 27.1. The molecule has 2 aromatic rings. The lowest BCUT2D eigenvalue weighted by molar-refractivity contribution is -0.131. The van der Waals surface area contributed by atoms with Crippen LogP contribution in [0.15, 0.2) is 59.5 Å². The smallest absolute Gasteiger partial charge is 0.249 e. The first-order chi connectivity index (χ1) is 11.0. The highest BCUT2D eigenvalue weighted by Gasteiger charge is 2.61. The summed E-state index contributed by atoms with van der Waals surface area (Å²) >= 11 is 0. The molecular formula is C17H16N2O3S. The fraction of sp³-hybridized carbons (Fsp3) is 0.235. The molecule has 0 bridgehead atoms. The van der Waals surface area contributed by atoms with Crippen molar-refractivity contribution in [3.05, 3.63) is 60.2 Å². The van der Waals surface area contributed by atoms with Gasteiger partial charge in [-0.15, -0.1) is 4.31 Å². The molecule has 0 aliphatic carbocycles. The second kappa shape index (κ2) is 4.99. The van der Waals surface area contributed by atoms with Crippen molar-refractivity contribution in [2.45, 2.75) is 23.3 Å². The fourth-order valence-electron chi connectivity index (χ4n) is 3.38. The molecule has 118 valence electrons. The number of hydrogen-bond acceptors (Lipinski definition) is 3. The monoisotopic (exact) mass is 328 g/mol. The number of carbonyl (C=O) groups excluding carboxylic acids is 1. The first kappa shape index (κ1) is 14.6. The van der Waals surface area contributed by atoms with Crippen LogP contribution >= 0.6 is 0 Å². The van der Waals surface area contributed by atoms with Crippen molar-refractivity contribution in [3.8, 4) is 0 Å². The summed E-state index contributed by atoms with van der Waals surface area (Å²) in [4.78, 5) is 12.9. The van der Waals surface area contributed by atoms with E-state index in [4.69, 9.17) is 0 Å². The molecule has 2 aromatic carbocycles. The topological polar surface area (TPSA) is 72.5 Å². The van der Waals surface area contributed by atoms with Crippen molar-refractivity contribution in [1.82, 2.24) is 4.31 Å². The van der Waals surface area contributed by atoms with Crippen molar-refractivity contribution >= 4 is 22.0 Å². The van der Waals surface area contributed by atoms with Crippen LogP contribution in [0, 0.1) is 0 Å². The normalized spacial score (nSPS) is 26.0. The summed E-state index contributed by atoms with van der Waals surface area (Å²) in [6.07, 6.45) is 0.959. The average Bonchev–Trinajstić information content (AvgIpc) is 2.53. The summed E-state index contributed by atoms with van der Waals surface area (Å²) in [5.74, 6) is -0.234. The molecule has 23 heavy (non-hydrogen) atoms. The maximum absolute atomic E-state index is 12.9. The van der Waals surface area contributed by atoms with E-state index in [1.807, 2.05) is 24.3 Å². The van der Waals surface area contributed by atoms with Crippen LogP contribution < -0.4 is 5.32 Å². The SMILES string of the molecule is O=C1Nc2ccccc2CC12CCN2[S+](=O)([O-])c1ccccc1. The van der Waals surface area contributed by atoms with Crippen LogP contribution in [0.3, 0.4) is 0 Å². The molecule has 2 aliphatic heterocycles. The van der Waals surface area contributed by atoms with Crippen LogP contribution in [0.2, 0.25) is 0 Å². The largest absolute Gasteiger partial charge is 0.593 e. The third-order valence-corrected chi connectivity index (χ3v) is 6.69. The van der Waals surface area contributed by atoms with Crippen LogP contribution in [0.1, 0.15) is 12.0 Å². The second-order valence-corrected chi connectivity index (χ2v) is 7.82. The fourth-order valence-corrected chi connectivity index (χ4v) is 5.16. The van der Waals surface area contributed by atoms with Crippen LogP contribution in [0.25, 0.3) is 0 Å². The highest BCUT2D eigenvalue weighted by atomic mass is 32.3. The quantitative estimate of drug-likeness (QED) is 0.859. The summed E-state index contributed by atoms with van der Waals surface area (Å²) in [7, 11) is -3.67. The predicted octanol–water partition coefficient (Wildman–Crippen LogP) is 2.23. The summed E-state index contributed by atoms with van der Waals surface area (Å²) in [6.45, 7) is 0.368. The van der Waals surface area contributed by atoms with Gasteiger partial charge in [0.1, 0.15) is 0 Å². The molecular weight excluding hydrogens is 312 g/mol. The molecule has 2 aliphatic rings. The summed E-state index contributed by atoms with van der Waals surface area (Å²) in [5.41, 5.74) is 0.746. The van der Waals surface area contributed by atoms with Crippen molar-refractivity contribution in [1.29, 1.82) is 0 Å². The Morgan fingerprint density at radius 3 is 2.48 bits per heavy atom. The Hall–Kier alpha value is -2.02. The van der Waals surface area contributed by atoms with Gasteiger partial charge in [0.05, 0.1) is 0 Å². The van der Waals surface area contributed by atoms with Crippen LogP contribution in [-0.2, 0) is 25.8 Å². The molecule has 0 saturated carbocycles. The van der Waals surface area contributed by atoms with E-state index in [0.29, 0.717) is 19.4 Å². The van der Waals surface area contributed by atoms with E-state index in [0.717, 1.165) is 11.3 Å². The number of anilines is 1. The second-order valence-electron chi connectivity index (χ2n) is 5.96. The number of nitrogens with one attached hydrogen (secondary N) is 1. The Balaban J connectivity index is 1.73. The number of sulfonamides is 1. The number of amides is 1. The van der Waals surface area contributed by atoms with E-state index in [-0.39, 0.29) is 10.8 Å². The number of hydrogen-bond donors (Lipinski definition) is 1. The lowest BCUT2D eigenvalue weighted by Gasteiger charge is -2.51. The molecule has 2 heterocycles. The third kappa shape index (κ3) is 2.06. The predicted molar refractivity (Wildman–Crippen MR) is 86.4 cm³/mol. The molecule has 5 nitrogen and oxygen atoms in total. The van der Waals surface area contributed by atoms with Crippen molar-refractivity contribution in [2.75, 3.05) is 11.9 Å². The lowest BCUT2D eigenvalue weighted by atomic mass is 9.78. The first-order valence-corrected chi connectivity index (χ1v) is 8.95. The van der Waals surface area contributed by atoms with Crippen LogP contribution in [0.5, 0.6) is 0 Å². The molecule has 6 heteroatoms. The molecule has 1 N–H and O–H groups in total. The van der Waals surface area contributed by atoms with Crippen molar-refractivity contribution < 1.29 is 13.6 Å².